The van der Waals surface area contributed by atoms with Gasteiger partial charge in [0.25, 0.3) is 0 Å². The number of hydrogen-bond donors (Lipinski definition) is 1. The second kappa shape index (κ2) is 7.80. The van der Waals surface area contributed by atoms with Crippen LogP contribution in [0, 0.1) is 23.6 Å². The average Bonchev–Trinajstić information content (AvgIpc) is 2.88. The first-order chi connectivity index (χ1) is 12.8. The zero-order valence-electron chi connectivity index (χ0n) is 15.2. The van der Waals surface area contributed by atoms with E-state index in [4.69, 9.17) is 11.6 Å². The monoisotopic (exact) mass is 392 g/mol. The summed E-state index contributed by atoms with van der Waals surface area (Å²) >= 11 is 5.77. The quantitative estimate of drug-likeness (QED) is 0.612. The number of carbonyl (C=O) groups is 3. The molecular formula is C20H22ClFN2O3. The van der Waals surface area contributed by atoms with Crippen molar-refractivity contribution in [2.24, 2.45) is 17.8 Å². The van der Waals surface area contributed by atoms with Crippen molar-refractivity contribution in [3.63, 3.8) is 0 Å². The number of carbonyl (C=O) groups excluding carboxylic acids is 3. The van der Waals surface area contributed by atoms with Crippen LogP contribution in [0.5, 0.6) is 0 Å². The van der Waals surface area contributed by atoms with Crippen LogP contribution in [0.2, 0.25) is 5.02 Å². The second-order valence-electron chi connectivity index (χ2n) is 7.44. The number of benzene rings is 1. The molecule has 0 aromatic heterocycles. The molecule has 0 bridgehead atoms. The molecule has 7 heteroatoms. The third-order valence-corrected chi connectivity index (χ3v) is 5.35. The Balaban J connectivity index is 1.87. The number of halogens is 2. The Hall–Kier alpha value is -2.21. The van der Waals surface area contributed by atoms with Crippen molar-refractivity contribution in [1.29, 1.82) is 0 Å². The Morgan fingerprint density at radius 1 is 1.22 bits per heavy atom. The van der Waals surface area contributed by atoms with Crippen LogP contribution in [0.1, 0.15) is 33.1 Å². The summed E-state index contributed by atoms with van der Waals surface area (Å²) in [6.07, 6.45) is 5.11. The van der Waals surface area contributed by atoms with E-state index in [1.165, 1.54) is 18.2 Å². The van der Waals surface area contributed by atoms with Gasteiger partial charge in [0.15, 0.2) is 5.82 Å². The molecule has 0 spiro atoms. The summed E-state index contributed by atoms with van der Waals surface area (Å²) in [5, 5.41) is 2.38. The summed E-state index contributed by atoms with van der Waals surface area (Å²) < 4.78 is 14.2. The molecule has 3 unspecified atom stereocenters. The zero-order chi connectivity index (χ0) is 19.7. The highest BCUT2D eigenvalue weighted by Crippen LogP contribution is 2.37. The highest BCUT2D eigenvalue weighted by atomic mass is 35.5. The summed E-state index contributed by atoms with van der Waals surface area (Å²) in [6.45, 7) is 3.81. The molecule has 1 aromatic carbocycles. The molecule has 0 saturated carbocycles. The fourth-order valence-corrected chi connectivity index (χ4v) is 3.90. The molecule has 1 aromatic rings. The minimum absolute atomic E-state index is 0.0614. The maximum absolute atomic E-state index is 14.2. The largest absolute Gasteiger partial charge is 0.322 e. The number of hydrogen-bond acceptors (Lipinski definition) is 3. The van der Waals surface area contributed by atoms with E-state index in [0.717, 1.165) is 4.90 Å². The minimum atomic E-state index is -0.978. The molecule has 1 heterocycles. The summed E-state index contributed by atoms with van der Waals surface area (Å²) in [5.74, 6) is -2.72. The smallest absolute Gasteiger partial charge is 0.247 e. The van der Waals surface area contributed by atoms with Crippen LogP contribution in [-0.2, 0) is 14.4 Å². The molecule has 1 aliphatic carbocycles. The third-order valence-electron chi connectivity index (χ3n) is 5.06. The maximum Gasteiger partial charge on any atom is 0.247 e. The zero-order valence-corrected chi connectivity index (χ0v) is 16.0. The van der Waals surface area contributed by atoms with Gasteiger partial charge in [-0.1, -0.05) is 43.7 Å². The third kappa shape index (κ3) is 3.76. The van der Waals surface area contributed by atoms with Gasteiger partial charge in [0.1, 0.15) is 6.04 Å². The van der Waals surface area contributed by atoms with Crippen molar-refractivity contribution in [3.05, 3.63) is 41.2 Å². The topological polar surface area (TPSA) is 66.5 Å². The van der Waals surface area contributed by atoms with Crippen LogP contribution in [0.25, 0.3) is 0 Å². The summed E-state index contributed by atoms with van der Waals surface area (Å²) in [6, 6.07) is 3.31. The summed E-state index contributed by atoms with van der Waals surface area (Å²) in [7, 11) is 0. The second-order valence-corrected chi connectivity index (χ2v) is 7.85. The lowest BCUT2D eigenvalue weighted by atomic mass is 9.85. The van der Waals surface area contributed by atoms with Crippen LogP contribution in [0.3, 0.4) is 0 Å². The molecule has 2 aliphatic rings. The van der Waals surface area contributed by atoms with Crippen LogP contribution in [0.15, 0.2) is 30.4 Å². The fourth-order valence-electron chi connectivity index (χ4n) is 3.73. The molecule has 3 amide bonds. The van der Waals surface area contributed by atoms with Gasteiger partial charge in [-0.15, -0.1) is 0 Å². The van der Waals surface area contributed by atoms with Crippen LogP contribution < -0.4 is 5.32 Å². The van der Waals surface area contributed by atoms with Crippen molar-refractivity contribution in [3.8, 4) is 0 Å². The van der Waals surface area contributed by atoms with Gasteiger partial charge < -0.3 is 5.32 Å². The van der Waals surface area contributed by atoms with Crippen molar-refractivity contribution >= 4 is 35.0 Å². The molecule has 3 atom stereocenters. The Bertz CT molecular complexity index is 782. The number of rotatable bonds is 5. The van der Waals surface area contributed by atoms with Crippen molar-refractivity contribution < 1.29 is 18.8 Å². The molecule has 1 saturated heterocycles. The number of likely N-dealkylation sites (tertiary alicyclic amines) is 1. The number of imide groups is 1. The highest BCUT2D eigenvalue weighted by Gasteiger charge is 2.51. The van der Waals surface area contributed by atoms with Gasteiger partial charge in [0, 0.05) is 0 Å². The van der Waals surface area contributed by atoms with Crippen LogP contribution in [-0.4, -0.2) is 28.7 Å². The lowest BCUT2D eigenvalue weighted by Crippen LogP contribution is -2.48. The minimum Gasteiger partial charge on any atom is -0.322 e. The first-order valence-electron chi connectivity index (χ1n) is 9.08. The van der Waals surface area contributed by atoms with Crippen LogP contribution in [0.4, 0.5) is 10.1 Å². The molecule has 1 N–H and O–H groups in total. The molecule has 5 nitrogen and oxygen atoms in total. The Kier molecular flexibility index (Phi) is 5.65. The van der Waals surface area contributed by atoms with Gasteiger partial charge in [-0.3, -0.25) is 19.3 Å². The number of fused-ring (bicyclic) bond motifs is 1. The van der Waals surface area contributed by atoms with E-state index < -0.39 is 29.6 Å². The number of amides is 3. The maximum atomic E-state index is 14.2. The average molecular weight is 393 g/mol. The Morgan fingerprint density at radius 3 is 2.37 bits per heavy atom. The molecule has 3 rings (SSSR count). The number of nitrogens with one attached hydrogen (secondary N) is 1. The normalized spacial score (nSPS) is 22.9. The Labute approximate surface area is 162 Å². The van der Waals surface area contributed by atoms with E-state index >= 15 is 0 Å². The molecule has 27 heavy (non-hydrogen) atoms. The van der Waals surface area contributed by atoms with E-state index in [2.05, 4.69) is 5.32 Å². The van der Waals surface area contributed by atoms with Gasteiger partial charge in [0.2, 0.25) is 17.7 Å². The summed E-state index contributed by atoms with van der Waals surface area (Å²) in [5.41, 5.74) is -0.0700. The number of nitrogens with zero attached hydrogens (tertiary/aromatic N) is 1. The first kappa shape index (κ1) is 19.5. The van der Waals surface area contributed by atoms with Gasteiger partial charge in [0.05, 0.1) is 22.5 Å². The SMILES string of the molecule is CC(C)CC(C(=O)Nc1cccc(Cl)c1F)N1C(=O)C2CC=CCC2C1=O. The van der Waals surface area contributed by atoms with E-state index in [1.807, 2.05) is 26.0 Å². The molecule has 144 valence electrons. The Morgan fingerprint density at radius 2 is 1.81 bits per heavy atom. The van der Waals surface area contributed by atoms with Crippen LogP contribution >= 0.6 is 11.6 Å². The first-order valence-corrected chi connectivity index (χ1v) is 9.45. The molecular weight excluding hydrogens is 371 g/mol. The van der Waals surface area contributed by atoms with E-state index in [-0.39, 0.29) is 28.4 Å². The van der Waals surface area contributed by atoms with Gasteiger partial charge in [-0.2, -0.15) is 0 Å². The van der Waals surface area contributed by atoms with Crippen molar-refractivity contribution in [2.75, 3.05) is 5.32 Å². The van der Waals surface area contributed by atoms with E-state index in [1.54, 1.807) is 0 Å². The number of allylic oxidation sites excluding steroid dienone is 2. The van der Waals surface area contributed by atoms with Gasteiger partial charge >= 0.3 is 0 Å². The highest BCUT2D eigenvalue weighted by molar-refractivity contribution is 6.31. The van der Waals surface area contributed by atoms with Crippen molar-refractivity contribution in [1.82, 2.24) is 4.90 Å². The van der Waals surface area contributed by atoms with E-state index in [0.29, 0.717) is 19.3 Å². The van der Waals surface area contributed by atoms with Gasteiger partial charge in [-0.25, -0.2) is 4.39 Å². The predicted octanol–water partition coefficient (Wildman–Crippen LogP) is 3.78. The fraction of sp³-hybridized carbons (Fsp3) is 0.450. The molecule has 1 aliphatic heterocycles. The summed E-state index contributed by atoms with van der Waals surface area (Å²) in [4.78, 5) is 39.7. The molecule has 1 fully saturated rings. The standard InChI is InChI=1S/C20H22ClFN2O3/c1-11(2)10-16(18(25)23-15-9-5-8-14(21)17(15)22)24-19(26)12-6-3-4-7-13(12)20(24)27/h3-5,8-9,11-13,16H,6-7,10H2,1-2H3,(H,23,25). The van der Waals surface area contributed by atoms with Crippen molar-refractivity contribution in [2.45, 2.75) is 39.2 Å². The lowest BCUT2D eigenvalue weighted by Gasteiger charge is -2.27. The van der Waals surface area contributed by atoms with E-state index in [9.17, 15) is 18.8 Å². The molecule has 0 radical (unpaired) electrons. The van der Waals surface area contributed by atoms with Gasteiger partial charge in [-0.05, 0) is 37.3 Å². The lowest BCUT2D eigenvalue weighted by molar-refractivity contribution is -0.147. The predicted molar refractivity (Wildman–Crippen MR) is 100 cm³/mol. The number of anilines is 1.